The highest BCUT2D eigenvalue weighted by Crippen LogP contribution is 2.20. The van der Waals surface area contributed by atoms with Crippen molar-refractivity contribution in [3.05, 3.63) is 95.8 Å². The zero-order chi connectivity index (χ0) is 28.6. The molecule has 0 saturated carbocycles. The van der Waals surface area contributed by atoms with E-state index in [1.165, 1.54) is 12.1 Å². The van der Waals surface area contributed by atoms with Crippen LogP contribution in [0.2, 0.25) is 0 Å². The first-order chi connectivity index (χ1) is 18.3. The van der Waals surface area contributed by atoms with Crippen molar-refractivity contribution < 1.29 is 23.5 Å². The van der Waals surface area contributed by atoms with Crippen molar-refractivity contribution in [3.63, 3.8) is 0 Å². The molecule has 0 fully saturated rings. The summed E-state index contributed by atoms with van der Waals surface area (Å²) in [6, 6.07) is 22.0. The van der Waals surface area contributed by atoms with Gasteiger partial charge in [-0.2, -0.15) is 0 Å². The molecule has 0 saturated heterocycles. The van der Waals surface area contributed by atoms with Crippen molar-refractivity contribution in [2.24, 2.45) is 0 Å². The van der Waals surface area contributed by atoms with Gasteiger partial charge in [-0.3, -0.25) is 14.4 Å². The second kappa shape index (κ2) is 12.7. The molecule has 2 amide bonds. The van der Waals surface area contributed by atoms with Gasteiger partial charge >= 0.3 is 5.97 Å². The van der Waals surface area contributed by atoms with Gasteiger partial charge in [-0.05, 0) is 88.4 Å². The van der Waals surface area contributed by atoms with Crippen molar-refractivity contribution >= 4 is 17.8 Å². The van der Waals surface area contributed by atoms with Gasteiger partial charge in [0.1, 0.15) is 17.5 Å². The number of esters is 1. The molecule has 3 aromatic carbocycles. The van der Waals surface area contributed by atoms with Crippen LogP contribution in [-0.2, 0) is 20.7 Å². The summed E-state index contributed by atoms with van der Waals surface area (Å²) in [4.78, 5) is 38.9. The van der Waals surface area contributed by atoms with Crippen molar-refractivity contribution in [2.45, 2.75) is 71.1 Å². The molecule has 0 bridgehead atoms. The van der Waals surface area contributed by atoms with Crippen molar-refractivity contribution in [2.75, 3.05) is 0 Å². The first-order valence-electron chi connectivity index (χ1n) is 13.1. The molecular formula is C32H37FN2O4. The predicted octanol–water partition coefficient (Wildman–Crippen LogP) is 5.85. The summed E-state index contributed by atoms with van der Waals surface area (Å²) >= 11 is 0. The number of amides is 2. The molecule has 0 aliphatic heterocycles. The Morgan fingerprint density at radius 2 is 1.41 bits per heavy atom. The lowest BCUT2D eigenvalue weighted by Gasteiger charge is -2.29. The number of rotatable bonds is 10. The predicted molar refractivity (Wildman–Crippen MR) is 151 cm³/mol. The zero-order valence-electron chi connectivity index (χ0n) is 23.2. The lowest BCUT2D eigenvalue weighted by molar-refractivity contribution is -0.155. The average molecular weight is 533 g/mol. The standard InChI is InChI=1S/C32H37FN2O4/c1-31(2,3)39-28(36)20-19-27(30(38)35-32(4,5)21-22-11-17-26(33)18-12-22)34-29(37)25-15-13-24(14-16-25)23-9-7-6-8-10-23/h6-18,27H,19-21H2,1-5H3,(H,34,37)(H,35,38)/t27-/m0/s1. The Hall–Kier alpha value is -4.00. The van der Waals surface area contributed by atoms with Gasteiger partial charge in [0.25, 0.3) is 5.91 Å². The third-order valence-corrected chi connectivity index (χ3v) is 5.95. The minimum Gasteiger partial charge on any atom is -0.460 e. The van der Waals surface area contributed by atoms with Gasteiger partial charge in [-0.25, -0.2) is 4.39 Å². The number of carbonyl (C=O) groups excluding carboxylic acids is 3. The van der Waals surface area contributed by atoms with E-state index >= 15 is 0 Å². The summed E-state index contributed by atoms with van der Waals surface area (Å²) in [5.41, 5.74) is 1.90. The van der Waals surface area contributed by atoms with E-state index < -0.39 is 35.0 Å². The lowest BCUT2D eigenvalue weighted by Crippen LogP contribution is -2.54. The van der Waals surface area contributed by atoms with Crippen molar-refractivity contribution in [1.29, 1.82) is 0 Å². The van der Waals surface area contributed by atoms with Gasteiger partial charge in [0.05, 0.1) is 0 Å². The van der Waals surface area contributed by atoms with E-state index in [0.717, 1.165) is 16.7 Å². The highest BCUT2D eigenvalue weighted by atomic mass is 19.1. The maximum Gasteiger partial charge on any atom is 0.306 e. The van der Waals surface area contributed by atoms with Crippen LogP contribution in [0.25, 0.3) is 11.1 Å². The van der Waals surface area contributed by atoms with Crippen molar-refractivity contribution in [3.8, 4) is 11.1 Å². The quantitative estimate of drug-likeness (QED) is 0.321. The summed E-state index contributed by atoms with van der Waals surface area (Å²) in [5.74, 6) is -1.62. The Labute approximate surface area is 230 Å². The first-order valence-corrected chi connectivity index (χ1v) is 13.1. The Bertz CT molecular complexity index is 1260. The fraction of sp³-hybridized carbons (Fsp3) is 0.344. The van der Waals surface area contributed by atoms with E-state index in [2.05, 4.69) is 10.6 Å². The highest BCUT2D eigenvalue weighted by molar-refractivity contribution is 5.98. The molecule has 0 unspecified atom stereocenters. The molecule has 0 aliphatic rings. The smallest absolute Gasteiger partial charge is 0.306 e. The summed E-state index contributed by atoms with van der Waals surface area (Å²) in [7, 11) is 0. The molecule has 39 heavy (non-hydrogen) atoms. The summed E-state index contributed by atoms with van der Waals surface area (Å²) < 4.78 is 18.7. The van der Waals surface area contributed by atoms with Gasteiger partial charge in [0.15, 0.2) is 0 Å². The molecule has 0 aliphatic carbocycles. The number of hydrogen-bond acceptors (Lipinski definition) is 4. The summed E-state index contributed by atoms with van der Waals surface area (Å²) in [5, 5.41) is 5.78. The second-order valence-corrected chi connectivity index (χ2v) is 11.3. The molecule has 3 rings (SSSR count). The maximum atomic E-state index is 13.4. The van der Waals surface area contributed by atoms with Crippen LogP contribution in [0.5, 0.6) is 0 Å². The van der Waals surface area contributed by atoms with Gasteiger partial charge in [-0.1, -0.05) is 54.6 Å². The van der Waals surface area contributed by atoms with Crippen LogP contribution in [-0.4, -0.2) is 35.0 Å². The fourth-order valence-electron chi connectivity index (χ4n) is 4.19. The molecule has 6 nitrogen and oxygen atoms in total. The Kier molecular flexibility index (Phi) is 9.62. The number of hydrogen-bond donors (Lipinski definition) is 2. The van der Waals surface area contributed by atoms with E-state index in [1.807, 2.05) is 56.3 Å². The van der Waals surface area contributed by atoms with E-state index in [-0.39, 0.29) is 18.7 Å². The van der Waals surface area contributed by atoms with E-state index in [4.69, 9.17) is 4.74 Å². The molecule has 0 spiro atoms. The molecule has 206 valence electrons. The van der Waals surface area contributed by atoms with Gasteiger partial charge in [0.2, 0.25) is 5.91 Å². The van der Waals surface area contributed by atoms with Gasteiger partial charge in [0, 0.05) is 17.5 Å². The summed E-state index contributed by atoms with van der Waals surface area (Å²) in [6.07, 6.45) is 0.481. The monoisotopic (exact) mass is 532 g/mol. The number of halogens is 1. The van der Waals surface area contributed by atoms with Crippen molar-refractivity contribution in [1.82, 2.24) is 10.6 Å². The molecule has 3 aromatic rings. The van der Waals surface area contributed by atoms with Gasteiger partial charge in [-0.15, -0.1) is 0 Å². The fourth-order valence-corrected chi connectivity index (χ4v) is 4.19. The van der Waals surface area contributed by atoms with Crippen LogP contribution in [0.15, 0.2) is 78.9 Å². The molecule has 2 N–H and O–H groups in total. The highest BCUT2D eigenvalue weighted by Gasteiger charge is 2.29. The minimum absolute atomic E-state index is 0.0407. The van der Waals surface area contributed by atoms with Crippen LogP contribution in [0.4, 0.5) is 4.39 Å². The summed E-state index contributed by atoms with van der Waals surface area (Å²) in [6.45, 7) is 9.02. The number of ether oxygens (including phenoxy) is 1. The lowest BCUT2D eigenvalue weighted by atomic mass is 9.94. The third-order valence-electron chi connectivity index (χ3n) is 5.95. The average Bonchev–Trinajstić information content (AvgIpc) is 2.87. The van der Waals surface area contributed by atoms with Gasteiger partial charge < -0.3 is 15.4 Å². The topological polar surface area (TPSA) is 84.5 Å². The molecule has 0 radical (unpaired) electrons. The number of carbonyl (C=O) groups is 3. The van der Waals surface area contributed by atoms with Crippen LogP contribution in [0.1, 0.15) is 63.4 Å². The Morgan fingerprint density at radius 3 is 2.00 bits per heavy atom. The Morgan fingerprint density at radius 1 is 0.821 bits per heavy atom. The van der Waals surface area contributed by atoms with E-state index in [0.29, 0.717) is 12.0 Å². The SMILES string of the molecule is CC(C)(Cc1ccc(F)cc1)NC(=O)[C@H](CCC(=O)OC(C)(C)C)NC(=O)c1ccc(-c2ccccc2)cc1. The van der Waals surface area contributed by atoms with E-state index in [1.54, 1.807) is 45.0 Å². The normalized spacial score (nSPS) is 12.4. The third kappa shape index (κ3) is 9.67. The zero-order valence-corrected chi connectivity index (χ0v) is 23.2. The number of nitrogens with one attached hydrogen (secondary N) is 2. The maximum absolute atomic E-state index is 13.4. The number of benzene rings is 3. The second-order valence-electron chi connectivity index (χ2n) is 11.3. The molecule has 1 atom stereocenters. The van der Waals surface area contributed by atoms with Crippen LogP contribution >= 0.6 is 0 Å². The van der Waals surface area contributed by atoms with Crippen LogP contribution in [0, 0.1) is 5.82 Å². The largest absolute Gasteiger partial charge is 0.460 e. The molecule has 0 aromatic heterocycles. The molecule has 7 heteroatoms. The minimum atomic E-state index is -0.966. The molecular weight excluding hydrogens is 495 g/mol. The van der Waals surface area contributed by atoms with Crippen LogP contribution < -0.4 is 10.6 Å². The van der Waals surface area contributed by atoms with Crippen LogP contribution in [0.3, 0.4) is 0 Å². The molecule has 0 heterocycles. The first kappa shape index (κ1) is 29.6. The van der Waals surface area contributed by atoms with E-state index in [9.17, 15) is 18.8 Å². The Balaban J connectivity index is 1.72.